The van der Waals surface area contributed by atoms with Crippen LogP contribution < -0.4 is 10.6 Å². The summed E-state index contributed by atoms with van der Waals surface area (Å²) >= 11 is 0. The van der Waals surface area contributed by atoms with E-state index >= 15 is 0 Å². The fourth-order valence-corrected chi connectivity index (χ4v) is 2.50. The normalized spacial score (nSPS) is 25.4. The van der Waals surface area contributed by atoms with Crippen molar-refractivity contribution < 1.29 is 9.59 Å². The highest BCUT2D eigenvalue weighted by Crippen LogP contribution is 2.20. The highest BCUT2D eigenvalue weighted by molar-refractivity contribution is 5.95. The lowest BCUT2D eigenvalue weighted by Crippen LogP contribution is -2.47. The van der Waals surface area contributed by atoms with Gasteiger partial charge in [0.05, 0.1) is 6.54 Å². The van der Waals surface area contributed by atoms with Crippen LogP contribution in [0.1, 0.15) is 27.2 Å². The predicted molar refractivity (Wildman–Crippen MR) is 66.6 cm³/mol. The lowest BCUT2D eigenvalue weighted by molar-refractivity contribution is -0.121. The number of piperidine rings is 1. The van der Waals surface area contributed by atoms with Gasteiger partial charge in [0, 0.05) is 19.6 Å². The van der Waals surface area contributed by atoms with Crippen molar-refractivity contribution in [3.63, 3.8) is 0 Å². The summed E-state index contributed by atoms with van der Waals surface area (Å²) in [5, 5.41) is 4.87. The second kappa shape index (κ2) is 6.59. The first-order valence-corrected chi connectivity index (χ1v) is 6.31. The molecule has 0 aromatic heterocycles. The summed E-state index contributed by atoms with van der Waals surface area (Å²) in [6.07, 6.45) is 1.22. The van der Waals surface area contributed by atoms with Gasteiger partial charge >= 0.3 is 6.03 Å². The van der Waals surface area contributed by atoms with Gasteiger partial charge in [0.1, 0.15) is 0 Å². The molecule has 0 radical (unpaired) electrons. The third-order valence-corrected chi connectivity index (χ3v) is 2.90. The summed E-state index contributed by atoms with van der Waals surface area (Å²) in [4.78, 5) is 24.9. The van der Waals surface area contributed by atoms with E-state index in [1.807, 2.05) is 6.92 Å². The Bertz CT molecular complexity index is 271. The van der Waals surface area contributed by atoms with Gasteiger partial charge in [0.25, 0.3) is 0 Å². The molecule has 0 bridgehead atoms. The summed E-state index contributed by atoms with van der Waals surface area (Å²) in [7, 11) is 0. The van der Waals surface area contributed by atoms with Crippen molar-refractivity contribution in [2.45, 2.75) is 27.2 Å². The molecular formula is C12H23N3O2. The number of hydrogen-bond donors (Lipinski definition) is 2. The number of amides is 3. The highest BCUT2D eigenvalue weighted by atomic mass is 16.2. The molecule has 1 saturated heterocycles. The van der Waals surface area contributed by atoms with E-state index in [9.17, 15) is 9.59 Å². The van der Waals surface area contributed by atoms with Gasteiger partial charge in [-0.2, -0.15) is 0 Å². The van der Waals surface area contributed by atoms with Crippen molar-refractivity contribution in [2.24, 2.45) is 11.8 Å². The maximum absolute atomic E-state index is 11.6. The fourth-order valence-electron chi connectivity index (χ4n) is 2.50. The van der Waals surface area contributed by atoms with Crippen LogP contribution in [0.15, 0.2) is 0 Å². The average molecular weight is 241 g/mol. The average Bonchev–Trinajstić information content (AvgIpc) is 2.14. The Morgan fingerprint density at radius 3 is 2.35 bits per heavy atom. The Morgan fingerprint density at radius 2 is 1.82 bits per heavy atom. The van der Waals surface area contributed by atoms with Crippen LogP contribution in [0, 0.1) is 11.8 Å². The topological polar surface area (TPSA) is 61.4 Å². The molecule has 0 saturated carbocycles. The summed E-state index contributed by atoms with van der Waals surface area (Å²) in [5.41, 5.74) is 0. The molecule has 5 heteroatoms. The van der Waals surface area contributed by atoms with E-state index in [-0.39, 0.29) is 5.91 Å². The van der Waals surface area contributed by atoms with E-state index < -0.39 is 6.03 Å². The molecule has 17 heavy (non-hydrogen) atoms. The van der Waals surface area contributed by atoms with E-state index in [0.717, 1.165) is 13.1 Å². The monoisotopic (exact) mass is 241 g/mol. The molecule has 0 spiro atoms. The molecule has 0 aliphatic carbocycles. The minimum Gasteiger partial charge on any atom is -0.338 e. The van der Waals surface area contributed by atoms with Crippen LogP contribution in [0.5, 0.6) is 0 Å². The van der Waals surface area contributed by atoms with E-state index in [0.29, 0.717) is 24.9 Å². The molecular weight excluding hydrogens is 218 g/mol. The van der Waals surface area contributed by atoms with Gasteiger partial charge in [-0.15, -0.1) is 0 Å². The minimum absolute atomic E-state index is 0.225. The summed E-state index contributed by atoms with van der Waals surface area (Å²) in [6, 6.07) is -0.407. The van der Waals surface area contributed by atoms with Crippen LogP contribution in [0.2, 0.25) is 0 Å². The van der Waals surface area contributed by atoms with Crippen molar-refractivity contribution in [2.75, 3.05) is 26.2 Å². The number of carbonyl (C=O) groups excluding carboxylic acids is 2. The Labute approximate surface area is 103 Å². The standard InChI is InChI=1S/C12H23N3O2/c1-4-13-12(17)14-11(16)8-15-6-9(2)5-10(3)7-15/h9-10H,4-8H2,1-3H3,(H2,13,14,16,17). The molecule has 2 atom stereocenters. The summed E-state index contributed by atoms with van der Waals surface area (Å²) in [6.45, 7) is 8.93. The molecule has 5 nitrogen and oxygen atoms in total. The van der Waals surface area contributed by atoms with Gasteiger partial charge in [-0.25, -0.2) is 4.79 Å². The summed E-state index contributed by atoms with van der Waals surface area (Å²) < 4.78 is 0. The zero-order valence-corrected chi connectivity index (χ0v) is 11.0. The van der Waals surface area contributed by atoms with Crippen molar-refractivity contribution in [3.05, 3.63) is 0 Å². The first-order valence-electron chi connectivity index (χ1n) is 6.31. The number of hydrogen-bond acceptors (Lipinski definition) is 3. The first-order chi connectivity index (χ1) is 8.01. The second-order valence-corrected chi connectivity index (χ2v) is 5.05. The molecule has 98 valence electrons. The first kappa shape index (κ1) is 14.0. The second-order valence-electron chi connectivity index (χ2n) is 5.05. The fraction of sp³-hybridized carbons (Fsp3) is 0.833. The van der Waals surface area contributed by atoms with Gasteiger partial charge in [-0.1, -0.05) is 13.8 Å². The Kier molecular flexibility index (Phi) is 5.41. The van der Waals surface area contributed by atoms with Gasteiger partial charge in [-0.3, -0.25) is 15.0 Å². The number of rotatable bonds is 3. The molecule has 2 unspecified atom stereocenters. The van der Waals surface area contributed by atoms with Crippen LogP contribution in [0.4, 0.5) is 4.79 Å². The Morgan fingerprint density at radius 1 is 1.24 bits per heavy atom. The molecule has 0 aromatic rings. The molecule has 1 rings (SSSR count). The van der Waals surface area contributed by atoms with Crippen LogP contribution in [-0.4, -0.2) is 43.0 Å². The van der Waals surface area contributed by atoms with Crippen molar-refractivity contribution in [3.8, 4) is 0 Å². The lowest BCUT2D eigenvalue weighted by atomic mass is 9.92. The summed E-state index contributed by atoms with van der Waals surface area (Å²) in [5.74, 6) is 1.02. The number of likely N-dealkylation sites (tertiary alicyclic amines) is 1. The molecule has 1 aliphatic heterocycles. The molecule has 1 aliphatic rings. The highest BCUT2D eigenvalue weighted by Gasteiger charge is 2.23. The molecule has 3 amide bonds. The number of nitrogens with one attached hydrogen (secondary N) is 2. The third kappa shape index (κ3) is 5.17. The molecule has 0 aromatic carbocycles. The van der Waals surface area contributed by atoms with E-state index in [1.165, 1.54) is 6.42 Å². The largest absolute Gasteiger partial charge is 0.338 e. The van der Waals surface area contributed by atoms with Crippen molar-refractivity contribution in [1.82, 2.24) is 15.5 Å². The Balaban J connectivity index is 2.32. The van der Waals surface area contributed by atoms with Gasteiger partial charge in [0.2, 0.25) is 5.91 Å². The smallest absolute Gasteiger partial charge is 0.321 e. The van der Waals surface area contributed by atoms with E-state index in [4.69, 9.17) is 0 Å². The number of nitrogens with zero attached hydrogens (tertiary/aromatic N) is 1. The van der Waals surface area contributed by atoms with Crippen LogP contribution in [-0.2, 0) is 4.79 Å². The minimum atomic E-state index is -0.407. The maximum atomic E-state index is 11.6. The zero-order valence-electron chi connectivity index (χ0n) is 11.0. The zero-order chi connectivity index (χ0) is 12.8. The van der Waals surface area contributed by atoms with Gasteiger partial charge in [-0.05, 0) is 25.2 Å². The predicted octanol–water partition coefficient (Wildman–Crippen LogP) is 0.810. The lowest BCUT2D eigenvalue weighted by Gasteiger charge is -2.34. The SMILES string of the molecule is CCNC(=O)NC(=O)CN1CC(C)CC(C)C1. The van der Waals surface area contributed by atoms with Crippen LogP contribution >= 0.6 is 0 Å². The molecule has 1 fully saturated rings. The van der Waals surface area contributed by atoms with Gasteiger partial charge < -0.3 is 5.32 Å². The van der Waals surface area contributed by atoms with E-state index in [2.05, 4.69) is 29.4 Å². The van der Waals surface area contributed by atoms with E-state index in [1.54, 1.807) is 0 Å². The molecule has 2 N–H and O–H groups in total. The number of carbonyl (C=O) groups is 2. The van der Waals surface area contributed by atoms with Crippen molar-refractivity contribution >= 4 is 11.9 Å². The Hall–Kier alpha value is -1.10. The third-order valence-electron chi connectivity index (χ3n) is 2.90. The van der Waals surface area contributed by atoms with Crippen molar-refractivity contribution in [1.29, 1.82) is 0 Å². The quantitative estimate of drug-likeness (QED) is 0.768. The number of imide groups is 1. The number of urea groups is 1. The van der Waals surface area contributed by atoms with Gasteiger partial charge in [0.15, 0.2) is 0 Å². The maximum Gasteiger partial charge on any atom is 0.321 e. The van der Waals surface area contributed by atoms with Crippen LogP contribution in [0.25, 0.3) is 0 Å². The van der Waals surface area contributed by atoms with Crippen LogP contribution in [0.3, 0.4) is 0 Å². The molecule has 1 heterocycles.